The van der Waals surface area contributed by atoms with E-state index in [2.05, 4.69) is 28.8 Å². The van der Waals surface area contributed by atoms with E-state index in [4.69, 9.17) is 11.1 Å². The monoisotopic (exact) mass is 233 g/mol. The van der Waals surface area contributed by atoms with E-state index in [1.54, 1.807) is 6.20 Å². The molecule has 0 spiro atoms. The summed E-state index contributed by atoms with van der Waals surface area (Å²) in [6, 6.07) is 4.34. The molecule has 17 heavy (non-hydrogen) atoms. The number of hydrogen-bond acceptors (Lipinski definition) is 4. The lowest BCUT2D eigenvalue weighted by atomic mass is 10.1. The van der Waals surface area contributed by atoms with Gasteiger partial charge in [-0.1, -0.05) is 0 Å². The molecule has 1 atom stereocenters. The summed E-state index contributed by atoms with van der Waals surface area (Å²) in [6.07, 6.45) is 1.72. The number of nitrogens with one attached hydrogen (secondary N) is 1. The lowest BCUT2D eigenvalue weighted by Gasteiger charge is -2.39. The quantitative estimate of drug-likeness (QED) is 0.577. The summed E-state index contributed by atoms with van der Waals surface area (Å²) >= 11 is 0. The molecule has 0 aromatic carbocycles. The maximum Gasteiger partial charge on any atom is 0.141 e. The molecule has 5 nitrogen and oxygen atoms in total. The van der Waals surface area contributed by atoms with Crippen molar-refractivity contribution >= 4 is 11.5 Å². The summed E-state index contributed by atoms with van der Waals surface area (Å²) < 4.78 is 0. The van der Waals surface area contributed by atoms with Gasteiger partial charge in [-0.2, -0.15) is 0 Å². The maximum absolute atomic E-state index is 7.42. The topological polar surface area (TPSA) is 69.2 Å². The van der Waals surface area contributed by atoms with Crippen LogP contribution in [-0.2, 0) is 0 Å². The highest BCUT2D eigenvalue weighted by atomic mass is 15.3. The lowest BCUT2D eigenvalue weighted by Crippen LogP contribution is -2.50. The van der Waals surface area contributed by atoms with Crippen LogP contribution in [0.3, 0.4) is 0 Å². The normalized spacial score (nSPS) is 21.5. The van der Waals surface area contributed by atoms with Gasteiger partial charge in [0.2, 0.25) is 0 Å². The first-order valence-electron chi connectivity index (χ1n) is 5.83. The van der Waals surface area contributed by atoms with Crippen molar-refractivity contribution in [2.75, 3.05) is 31.6 Å². The minimum Gasteiger partial charge on any atom is -0.382 e. The summed E-state index contributed by atoms with van der Waals surface area (Å²) in [5.41, 5.74) is 7.12. The van der Waals surface area contributed by atoms with Crippen molar-refractivity contribution in [2.24, 2.45) is 5.73 Å². The number of amidine groups is 1. The molecule has 0 aliphatic carbocycles. The molecule has 1 fully saturated rings. The zero-order chi connectivity index (χ0) is 12.4. The van der Waals surface area contributed by atoms with E-state index in [-0.39, 0.29) is 5.84 Å². The van der Waals surface area contributed by atoms with Gasteiger partial charge in [-0.05, 0) is 26.1 Å². The summed E-state index contributed by atoms with van der Waals surface area (Å²) in [4.78, 5) is 8.76. The van der Waals surface area contributed by atoms with Crippen molar-refractivity contribution in [1.29, 1.82) is 5.41 Å². The Morgan fingerprint density at radius 2 is 2.29 bits per heavy atom. The molecule has 2 heterocycles. The molecule has 1 aromatic rings. The molecule has 3 N–H and O–H groups in total. The number of aromatic nitrogens is 1. The number of nitrogen functional groups attached to an aromatic ring is 1. The Morgan fingerprint density at radius 1 is 1.53 bits per heavy atom. The van der Waals surface area contributed by atoms with Crippen LogP contribution >= 0.6 is 0 Å². The third-order valence-corrected chi connectivity index (χ3v) is 3.18. The van der Waals surface area contributed by atoms with Crippen molar-refractivity contribution in [3.05, 3.63) is 24.0 Å². The van der Waals surface area contributed by atoms with Gasteiger partial charge in [0.15, 0.2) is 0 Å². The van der Waals surface area contributed by atoms with Crippen LogP contribution in [0.5, 0.6) is 0 Å². The molecule has 5 heteroatoms. The second kappa shape index (κ2) is 4.71. The van der Waals surface area contributed by atoms with Gasteiger partial charge in [0.25, 0.3) is 0 Å². The molecule has 92 valence electrons. The minimum absolute atomic E-state index is 0.0219. The molecule has 0 bridgehead atoms. The zero-order valence-corrected chi connectivity index (χ0v) is 10.3. The molecule has 0 saturated carbocycles. The van der Waals surface area contributed by atoms with Gasteiger partial charge in [0.05, 0.1) is 0 Å². The Kier molecular flexibility index (Phi) is 3.28. The SMILES string of the molecule is CC1CN(C)CCN1c1ccnc(C(=N)N)c1. The smallest absolute Gasteiger partial charge is 0.141 e. The minimum atomic E-state index is 0.0219. The van der Waals surface area contributed by atoms with Crippen molar-refractivity contribution < 1.29 is 0 Å². The van der Waals surface area contributed by atoms with E-state index in [9.17, 15) is 0 Å². The summed E-state index contributed by atoms with van der Waals surface area (Å²) in [6.45, 7) is 5.32. The number of anilines is 1. The average molecular weight is 233 g/mol. The average Bonchev–Trinajstić information content (AvgIpc) is 2.29. The van der Waals surface area contributed by atoms with Crippen molar-refractivity contribution in [3.63, 3.8) is 0 Å². The number of likely N-dealkylation sites (N-methyl/N-ethyl adjacent to an activating group) is 1. The van der Waals surface area contributed by atoms with Crippen LogP contribution in [0, 0.1) is 5.41 Å². The molecule has 0 amide bonds. The fourth-order valence-electron chi connectivity index (χ4n) is 2.27. The van der Waals surface area contributed by atoms with Crippen LogP contribution in [0.4, 0.5) is 5.69 Å². The van der Waals surface area contributed by atoms with Crippen molar-refractivity contribution in [1.82, 2.24) is 9.88 Å². The van der Waals surface area contributed by atoms with E-state index in [1.165, 1.54) is 0 Å². The van der Waals surface area contributed by atoms with Gasteiger partial charge in [-0.25, -0.2) is 0 Å². The van der Waals surface area contributed by atoms with E-state index >= 15 is 0 Å². The first kappa shape index (κ1) is 11.9. The molecular formula is C12H19N5. The number of piperazine rings is 1. The number of pyridine rings is 1. The van der Waals surface area contributed by atoms with E-state index in [1.807, 2.05) is 12.1 Å². The third-order valence-electron chi connectivity index (χ3n) is 3.18. The summed E-state index contributed by atoms with van der Waals surface area (Å²) in [7, 11) is 2.14. The second-order valence-electron chi connectivity index (χ2n) is 4.62. The van der Waals surface area contributed by atoms with Crippen LogP contribution in [0.1, 0.15) is 12.6 Å². The molecule has 1 unspecified atom stereocenters. The fraction of sp³-hybridized carbons (Fsp3) is 0.500. The highest BCUT2D eigenvalue weighted by Crippen LogP contribution is 2.20. The van der Waals surface area contributed by atoms with Crippen LogP contribution in [0.25, 0.3) is 0 Å². The van der Waals surface area contributed by atoms with E-state index in [0.29, 0.717) is 11.7 Å². The first-order valence-corrected chi connectivity index (χ1v) is 5.83. The Hall–Kier alpha value is -1.62. The predicted molar refractivity (Wildman–Crippen MR) is 69.6 cm³/mol. The fourth-order valence-corrected chi connectivity index (χ4v) is 2.27. The highest BCUT2D eigenvalue weighted by molar-refractivity contribution is 5.93. The number of nitrogens with two attached hydrogens (primary N) is 1. The Morgan fingerprint density at radius 3 is 2.94 bits per heavy atom. The number of nitrogens with zero attached hydrogens (tertiary/aromatic N) is 3. The first-order chi connectivity index (χ1) is 8.08. The van der Waals surface area contributed by atoms with Gasteiger partial charge in [0, 0.05) is 37.6 Å². The molecule has 2 rings (SSSR count). The predicted octanol–water partition coefficient (Wildman–Crippen LogP) is 0.506. The van der Waals surface area contributed by atoms with Crippen LogP contribution in [-0.4, -0.2) is 48.4 Å². The molecule has 1 aliphatic heterocycles. The highest BCUT2D eigenvalue weighted by Gasteiger charge is 2.21. The molecule has 0 radical (unpaired) electrons. The molecule has 1 saturated heterocycles. The van der Waals surface area contributed by atoms with Crippen molar-refractivity contribution in [3.8, 4) is 0 Å². The summed E-state index contributed by atoms with van der Waals surface area (Å²) in [5, 5.41) is 7.42. The molecular weight excluding hydrogens is 214 g/mol. The van der Waals surface area contributed by atoms with Crippen LogP contribution in [0.15, 0.2) is 18.3 Å². The third kappa shape index (κ3) is 2.55. The van der Waals surface area contributed by atoms with Gasteiger partial charge < -0.3 is 15.5 Å². The maximum atomic E-state index is 7.42. The lowest BCUT2D eigenvalue weighted by molar-refractivity contribution is 0.275. The van der Waals surface area contributed by atoms with E-state index in [0.717, 1.165) is 25.3 Å². The van der Waals surface area contributed by atoms with E-state index < -0.39 is 0 Å². The zero-order valence-electron chi connectivity index (χ0n) is 10.3. The Bertz CT molecular complexity index is 417. The number of rotatable bonds is 2. The molecule has 1 aromatic heterocycles. The second-order valence-corrected chi connectivity index (χ2v) is 4.62. The van der Waals surface area contributed by atoms with Crippen molar-refractivity contribution in [2.45, 2.75) is 13.0 Å². The largest absolute Gasteiger partial charge is 0.382 e. The van der Waals surface area contributed by atoms with Gasteiger partial charge >= 0.3 is 0 Å². The standard InChI is InChI=1S/C12H19N5/c1-9-8-16(2)5-6-17(9)10-3-4-15-11(7-10)12(13)14/h3-4,7,9H,5-6,8H2,1-2H3,(H3,13,14). The Labute approximate surface area is 102 Å². The number of hydrogen-bond donors (Lipinski definition) is 2. The van der Waals surface area contributed by atoms with Gasteiger partial charge in [0.1, 0.15) is 11.5 Å². The summed E-state index contributed by atoms with van der Waals surface area (Å²) in [5.74, 6) is 0.0219. The van der Waals surface area contributed by atoms with Crippen LogP contribution in [0.2, 0.25) is 0 Å². The van der Waals surface area contributed by atoms with Gasteiger partial charge in [-0.3, -0.25) is 10.4 Å². The molecule has 1 aliphatic rings. The van der Waals surface area contributed by atoms with Gasteiger partial charge in [-0.15, -0.1) is 0 Å². The Balaban J connectivity index is 2.22. The van der Waals surface area contributed by atoms with Crippen LogP contribution < -0.4 is 10.6 Å².